The fraction of sp³-hybridized carbons (Fsp3) is 0.944. The molecule has 1 aliphatic rings. The van der Waals surface area contributed by atoms with Crippen LogP contribution in [-0.2, 0) is 9.53 Å². The van der Waals surface area contributed by atoms with Gasteiger partial charge in [-0.05, 0) is 64.7 Å². The first-order valence-electron chi connectivity index (χ1n) is 9.03. The summed E-state index contributed by atoms with van der Waals surface area (Å²) in [5.41, 5.74) is 0. The van der Waals surface area contributed by atoms with Gasteiger partial charge in [-0.15, -0.1) is 0 Å². The Labute approximate surface area is 137 Å². The van der Waals surface area contributed by atoms with E-state index in [1.165, 1.54) is 45.6 Å². The van der Waals surface area contributed by atoms with E-state index in [2.05, 4.69) is 31.2 Å². The third-order valence-corrected chi connectivity index (χ3v) is 4.96. The lowest BCUT2D eigenvalue weighted by Gasteiger charge is -2.26. The van der Waals surface area contributed by atoms with Gasteiger partial charge in [-0.1, -0.05) is 26.2 Å². The maximum absolute atomic E-state index is 11.6. The van der Waals surface area contributed by atoms with Gasteiger partial charge in [-0.3, -0.25) is 4.79 Å². The van der Waals surface area contributed by atoms with Crippen LogP contribution in [0.2, 0.25) is 0 Å². The minimum atomic E-state index is -0.0428. The fourth-order valence-electron chi connectivity index (χ4n) is 3.70. The van der Waals surface area contributed by atoms with Gasteiger partial charge in [0.2, 0.25) is 0 Å². The van der Waals surface area contributed by atoms with Gasteiger partial charge in [0.1, 0.15) is 0 Å². The van der Waals surface area contributed by atoms with E-state index in [1.54, 1.807) is 0 Å². The molecule has 1 fully saturated rings. The van der Waals surface area contributed by atoms with Crippen LogP contribution >= 0.6 is 0 Å². The average Bonchev–Trinajstić information content (AvgIpc) is 2.86. The Morgan fingerprint density at radius 2 is 2.00 bits per heavy atom. The first-order valence-corrected chi connectivity index (χ1v) is 9.03. The molecule has 3 atom stereocenters. The quantitative estimate of drug-likeness (QED) is 0.470. The zero-order chi connectivity index (χ0) is 16.4. The third-order valence-electron chi connectivity index (χ3n) is 4.96. The molecule has 0 aromatic carbocycles. The summed E-state index contributed by atoms with van der Waals surface area (Å²) in [4.78, 5) is 13.9. The Bertz CT molecular complexity index is 307. The molecule has 0 unspecified atom stereocenters. The standard InChI is InChI=1S/C18H36N2O2/c1-5-6-7-9-16-15(14-18(21)22-4)10-11-17(16)19-12-8-13-20(2)3/h15-17,19H,5-14H2,1-4H3/t15-,16+,17+/m0/s1. The van der Waals surface area contributed by atoms with Gasteiger partial charge in [0, 0.05) is 12.5 Å². The van der Waals surface area contributed by atoms with Gasteiger partial charge in [0.15, 0.2) is 0 Å². The number of nitrogens with zero attached hydrogens (tertiary/aromatic N) is 1. The van der Waals surface area contributed by atoms with Crippen molar-refractivity contribution < 1.29 is 9.53 Å². The van der Waals surface area contributed by atoms with Crippen molar-refractivity contribution in [2.24, 2.45) is 11.8 Å². The molecule has 0 aliphatic heterocycles. The number of unbranched alkanes of at least 4 members (excludes halogenated alkanes) is 2. The summed E-state index contributed by atoms with van der Waals surface area (Å²) in [6.45, 7) is 4.46. The molecule has 4 nitrogen and oxygen atoms in total. The Morgan fingerprint density at radius 3 is 2.64 bits per heavy atom. The Kier molecular flexibility index (Phi) is 9.73. The molecule has 1 aliphatic carbocycles. The maximum Gasteiger partial charge on any atom is 0.305 e. The monoisotopic (exact) mass is 312 g/mol. The topological polar surface area (TPSA) is 41.6 Å². The number of nitrogens with one attached hydrogen (secondary N) is 1. The fourth-order valence-corrected chi connectivity index (χ4v) is 3.70. The molecule has 0 amide bonds. The molecule has 0 saturated heterocycles. The zero-order valence-electron chi connectivity index (χ0n) is 15.1. The summed E-state index contributed by atoms with van der Waals surface area (Å²) >= 11 is 0. The van der Waals surface area contributed by atoms with Gasteiger partial charge in [-0.2, -0.15) is 0 Å². The summed E-state index contributed by atoms with van der Waals surface area (Å²) in [6, 6.07) is 0.591. The predicted octanol–water partition coefficient (Wildman–Crippen LogP) is 3.07. The van der Waals surface area contributed by atoms with E-state index in [9.17, 15) is 4.79 Å². The molecule has 0 aromatic rings. The van der Waals surface area contributed by atoms with Gasteiger partial charge < -0.3 is 15.0 Å². The first kappa shape index (κ1) is 19.4. The van der Waals surface area contributed by atoms with Crippen LogP contribution in [0, 0.1) is 11.8 Å². The first-order chi connectivity index (χ1) is 10.6. The van der Waals surface area contributed by atoms with Crippen LogP contribution in [0.3, 0.4) is 0 Å². The van der Waals surface area contributed by atoms with E-state index in [0.29, 0.717) is 24.3 Å². The van der Waals surface area contributed by atoms with E-state index < -0.39 is 0 Å². The van der Waals surface area contributed by atoms with Crippen LogP contribution < -0.4 is 5.32 Å². The maximum atomic E-state index is 11.6. The number of methoxy groups -OCH3 is 1. The van der Waals surface area contributed by atoms with Gasteiger partial charge in [-0.25, -0.2) is 0 Å². The van der Waals surface area contributed by atoms with Crippen molar-refractivity contribution in [1.82, 2.24) is 10.2 Å². The van der Waals surface area contributed by atoms with Crippen LogP contribution in [-0.4, -0.2) is 51.2 Å². The molecule has 0 spiro atoms. The summed E-state index contributed by atoms with van der Waals surface area (Å²) in [7, 11) is 5.74. The second-order valence-electron chi connectivity index (χ2n) is 6.99. The van der Waals surface area contributed by atoms with Crippen molar-refractivity contribution in [3.8, 4) is 0 Å². The molecule has 4 heteroatoms. The smallest absolute Gasteiger partial charge is 0.305 e. The molecule has 0 heterocycles. The minimum Gasteiger partial charge on any atom is -0.469 e. The molecular formula is C18H36N2O2. The number of carbonyl (C=O) groups excluding carboxylic acids is 1. The number of esters is 1. The average molecular weight is 312 g/mol. The molecular weight excluding hydrogens is 276 g/mol. The van der Waals surface area contributed by atoms with Crippen LogP contribution in [0.15, 0.2) is 0 Å². The second kappa shape index (κ2) is 11.0. The predicted molar refractivity (Wildman–Crippen MR) is 92.0 cm³/mol. The Balaban J connectivity index is 2.44. The zero-order valence-corrected chi connectivity index (χ0v) is 15.1. The highest BCUT2D eigenvalue weighted by atomic mass is 16.5. The molecule has 1 N–H and O–H groups in total. The molecule has 1 saturated carbocycles. The van der Waals surface area contributed by atoms with Gasteiger partial charge in [0.25, 0.3) is 0 Å². The lowest BCUT2D eigenvalue weighted by Crippen LogP contribution is -2.36. The van der Waals surface area contributed by atoms with Gasteiger partial charge in [0.05, 0.1) is 7.11 Å². The van der Waals surface area contributed by atoms with E-state index >= 15 is 0 Å². The highest BCUT2D eigenvalue weighted by Crippen LogP contribution is 2.38. The number of carbonyl (C=O) groups is 1. The van der Waals surface area contributed by atoms with Crippen LogP contribution in [0.1, 0.15) is 58.3 Å². The van der Waals surface area contributed by atoms with Crippen molar-refractivity contribution >= 4 is 5.97 Å². The minimum absolute atomic E-state index is 0.0428. The summed E-state index contributed by atoms with van der Waals surface area (Å²) in [5.74, 6) is 1.11. The van der Waals surface area contributed by atoms with Crippen molar-refractivity contribution in [2.45, 2.75) is 64.3 Å². The Hall–Kier alpha value is -0.610. The molecule has 0 radical (unpaired) electrons. The van der Waals surface area contributed by atoms with E-state index in [0.717, 1.165) is 19.5 Å². The van der Waals surface area contributed by atoms with E-state index in [-0.39, 0.29) is 5.97 Å². The van der Waals surface area contributed by atoms with Gasteiger partial charge >= 0.3 is 5.97 Å². The van der Waals surface area contributed by atoms with Crippen molar-refractivity contribution in [3.63, 3.8) is 0 Å². The molecule has 130 valence electrons. The third kappa shape index (κ3) is 7.10. The largest absolute Gasteiger partial charge is 0.469 e. The molecule has 0 aromatic heterocycles. The number of ether oxygens (including phenoxy) is 1. The van der Waals surface area contributed by atoms with Crippen LogP contribution in [0.5, 0.6) is 0 Å². The number of rotatable bonds is 11. The summed E-state index contributed by atoms with van der Waals surface area (Å²) < 4.78 is 4.88. The lowest BCUT2D eigenvalue weighted by molar-refractivity contribution is -0.142. The second-order valence-corrected chi connectivity index (χ2v) is 6.99. The summed E-state index contributed by atoms with van der Waals surface area (Å²) in [5, 5.41) is 3.76. The Morgan fingerprint density at radius 1 is 1.23 bits per heavy atom. The van der Waals surface area contributed by atoms with Crippen molar-refractivity contribution in [1.29, 1.82) is 0 Å². The number of hydrogen-bond donors (Lipinski definition) is 1. The highest BCUT2D eigenvalue weighted by molar-refractivity contribution is 5.69. The molecule has 1 rings (SSSR count). The normalized spacial score (nSPS) is 24.9. The number of hydrogen-bond acceptors (Lipinski definition) is 4. The van der Waals surface area contributed by atoms with Crippen molar-refractivity contribution in [2.75, 3.05) is 34.3 Å². The molecule has 0 bridgehead atoms. The SMILES string of the molecule is CCCCC[C@@H]1[C@H](CC(=O)OC)CC[C@H]1NCCCN(C)C. The highest BCUT2D eigenvalue weighted by Gasteiger charge is 2.36. The summed E-state index contributed by atoms with van der Waals surface area (Å²) in [6.07, 6.45) is 9.26. The lowest BCUT2D eigenvalue weighted by atomic mass is 9.86. The van der Waals surface area contributed by atoms with Crippen molar-refractivity contribution in [3.05, 3.63) is 0 Å². The van der Waals surface area contributed by atoms with E-state index in [4.69, 9.17) is 4.74 Å². The van der Waals surface area contributed by atoms with Crippen LogP contribution in [0.4, 0.5) is 0 Å². The van der Waals surface area contributed by atoms with E-state index in [1.807, 2.05) is 0 Å². The van der Waals surface area contributed by atoms with Crippen LogP contribution in [0.25, 0.3) is 0 Å². The molecule has 22 heavy (non-hydrogen) atoms.